The Balaban J connectivity index is 2.60. The maximum Gasteiger partial charge on any atom is 0.326 e. The monoisotopic (exact) mass is 234 g/mol. The molecule has 0 aliphatic carbocycles. The lowest BCUT2D eigenvalue weighted by atomic mass is 10.2. The molecule has 17 heavy (non-hydrogen) atoms. The Labute approximate surface area is 98.1 Å². The minimum atomic E-state index is -1.10. The number of rotatable bonds is 3. The van der Waals surface area contributed by atoms with Crippen LogP contribution >= 0.6 is 0 Å². The molecule has 0 aliphatic heterocycles. The molecule has 2 aromatic rings. The maximum absolute atomic E-state index is 10.9. The fourth-order valence-electron chi connectivity index (χ4n) is 1.55. The molecule has 0 saturated carbocycles. The van der Waals surface area contributed by atoms with Crippen molar-refractivity contribution in [1.82, 2.24) is 14.6 Å². The summed E-state index contributed by atoms with van der Waals surface area (Å²) in [5.41, 5.74) is 6.64. The number of hydrogen-bond acceptors (Lipinski definition) is 4. The summed E-state index contributed by atoms with van der Waals surface area (Å²) in [5, 5.41) is 13.2. The Hall–Kier alpha value is -1.95. The molecule has 1 atom stereocenters. The van der Waals surface area contributed by atoms with Crippen molar-refractivity contribution in [2.45, 2.75) is 25.8 Å². The average Bonchev–Trinajstić information content (AvgIpc) is 2.71. The summed E-state index contributed by atoms with van der Waals surface area (Å²) in [4.78, 5) is 15.2. The van der Waals surface area contributed by atoms with Gasteiger partial charge in [-0.05, 0) is 12.1 Å². The van der Waals surface area contributed by atoms with Crippen molar-refractivity contribution in [3.8, 4) is 0 Å². The number of nitrogens with zero attached hydrogens (tertiary/aromatic N) is 3. The summed E-state index contributed by atoms with van der Waals surface area (Å²) in [7, 11) is 0. The third kappa shape index (κ3) is 1.99. The molecule has 2 heterocycles. The van der Waals surface area contributed by atoms with Crippen molar-refractivity contribution in [2.75, 3.05) is 0 Å². The predicted molar refractivity (Wildman–Crippen MR) is 61.6 cm³/mol. The van der Waals surface area contributed by atoms with E-state index in [1.165, 1.54) is 4.52 Å². The molecule has 0 fully saturated rings. The lowest BCUT2D eigenvalue weighted by Gasteiger charge is -2.07. The first kappa shape index (κ1) is 11.5. The molecule has 1 unspecified atom stereocenters. The van der Waals surface area contributed by atoms with Crippen LogP contribution in [0.5, 0.6) is 0 Å². The third-order valence-corrected chi connectivity index (χ3v) is 2.51. The van der Waals surface area contributed by atoms with Gasteiger partial charge in [-0.15, -0.1) is 0 Å². The van der Waals surface area contributed by atoms with Crippen molar-refractivity contribution >= 4 is 11.6 Å². The zero-order valence-corrected chi connectivity index (χ0v) is 9.66. The quantitative estimate of drug-likeness (QED) is 0.824. The van der Waals surface area contributed by atoms with E-state index in [2.05, 4.69) is 10.1 Å². The fourth-order valence-corrected chi connectivity index (χ4v) is 1.55. The number of nitrogens with two attached hydrogens (primary N) is 1. The smallest absolute Gasteiger partial charge is 0.326 e. The van der Waals surface area contributed by atoms with Gasteiger partial charge in [-0.3, -0.25) is 4.79 Å². The molecule has 90 valence electrons. The summed E-state index contributed by atoms with van der Waals surface area (Å²) in [6.07, 6.45) is 0. The molecule has 0 amide bonds. The molecule has 6 heteroatoms. The molecule has 0 bridgehead atoms. The Kier molecular flexibility index (Phi) is 2.81. The van der Waals surface area contributed by atoms with E-state index in [1.807, 2.05) is 13.8 Å². The van der Waals surface area contributed by atoms with Crippen LogP contribution in [0, 0.1) is 0 Å². The summed E-state index contributed by atoms with van der Waals surface area (Å²) in [6, 6.07) is 4.05. The molecule has 3 N–H and O–H groups in total. The van der Waals surface area contributed by atoms with E-state index >= 15 is 0 Å². The summed E-state index contributed by atoms with van der Waals surface area (Å²) in [5.74, 6) is -0.224. The Morgan fingerprint density at radius 2 is 2.18 bits per heavy atom. The van der Waals surface area contributed by atoms with Crippen molar-refractivity contribution in [3.05, 3.63) is 29.7 Å². The molecule has 0 saturated heterocycles. The predicted octanol–water partition coefficient (Wildman–Crippen LogP) is 0.937. The summed E-state index contributed by atoms with van der Waals surface area (Å²) >= 11 is 0. The lowest BCUT2D eigenvalue weighted by Crippen LogP contribution is -2.23. The minimum absolute atomic E-state index is 0.184. The van der Waals surface area contributed by atoms with E-state index < -0.39 is 12.0 Å². The summed E-state index contributed by atoms with van der Waals surface area (Å²) in [6.45, 7) is 3.96. The van der Waals surface area contributed by atoms with Gasteiger partial charge in [0.05, 0.1) is 5.69 Å². The third-order valence-electron chi connectivity index (χ3n) is 2.51. The number of carboxylic acid groups (broad SMARTS) is 1. The van der Waals surface area contributed by atoms with Crippen LogP contribution in [0.2, 0.25) is 0 Å². The highest BCUT2D eigenvalue weighted by molar-refractivity contribution is 5.74. The molecule has 2 rings (SSSR count). The summed E-state index contributed by atoms with van der Waals surface area (Å²) < 4.78 is 1.49. The van der Waals surface area contributed by atoms with E-state index in [-0.39, 0.29) is 5.92 Å². The van der Waals surface area contributed by atoms with Crippen LogP contribution in [-0.4, -0.2) is 25.7 Å². The van der Waals surface area contributed by atoms with E-state index in [1.54, 1.807) is 18.2 Å². The Morgan fingerprint density at radius 3 is 2.76 bits per heavy atom. The lowest BCUT2D eigenvalue weighted by molar-refractivity contribution is -0.138. The first-order valence-corrected chi connectivity index (χ1v) is 5.34. The first-order valence-electron chi connectivity index (χ1n) is 5.34. The van der Waals surface area contributed by atoms with Gasteiger partial charge >= 0.3 is 5.97 Å². The van der Waals surface area contributed by atoms with Crippen LogP contribution in [0.4, 0.5) is 0 Å². The highest BCUT2D eigenvalue weighted by atomic mass is 16.4. The Bertz CT molecular complexity index is 562. The van der Waals surface area contributed by atoms with E-state index in [0.29, 0.717) is 17.2 Å². The Morgan fingerprint density at radius 1 is 1.47 bits per heavy atom. The van der Waals surface area contributed by atoms with Gasteiger partial charge in [0.2, 0.25) is 0 Å². The number of fused-ring (bicyclic) bond motifs is 1. The van der Waals surface area contributed by atoms with Gasteiger partial charge in [0.1, 0.15) is 6.04 Å². The van der Waals surface area contributed by atoms with Crippen LogP contribution in [0.25, 0.3) is 5.65 Å². The van der Waals surface area contributed by atoms with Gasteiger partial charge in [0, 0.05) is 5.92 Å². The molecule has 0 aliphatic rings. The van der Waals surface area contributed by atoms with E-state index in [4.69, 9.17) is 10.8 Å². The standard InChI is InChI=1S/C11H14N4O2/c1-6(2)10-13-8-5-3-4-7(15(8)14-10)9(12)11(16)17/h3-6,9H,12H2,1-2H3,(H,16,17). The van der Waals surface area contributed by atoms with Gasteiger partial charge < -0.3 is 10.8 Å². The SMILES string of the molecule is CC(C)c1nc2cccc(C(N)C(=O)O)n2n1. The fraction of sp³-hybridized carbons (Fsp3) is 0.364. The van der Waals surface area contributed by atoms with Gasteiger partial charge in [0.25, 0.3) is 0 Å². The molecule has 6 nitrogen and oxygen atoms in total. The second kappa shape index (κ2) is 4.14. The molecule has 0 spiro atoms. The number of aliphatic carboxylic acids is 1. The van der Waals surface area contributed by atoms with Crippen LogP contribution in [0.3, 0.4) is 0 Å². The topological polar surface area (TPSA) is 93.5 Å². The van der Waals surface area contributed by atoms with Crippen molar-refractivity contribution in [2.24, 2.45) is 5.73 Å². The van der Waals surface area contributed by atoms with Gasteiger partial charge in [-0.1, -0.05) is 19.9 Å². The van der Waals surface area contributed by atoms with Crippen molar-refractivity contribution in [3.63, 3.8) is 0 Å². The van der Waals surface area contributed by atoms with Crippen molar-refractivity contribution in [1.29, 1.82) is 0 Å². The minimum Gasteiger partial charge on any atom is -0.480 e. The first-order chi connectivity index (χ1) is 8.00. The highest BCUT2D eigenvalue weighted by Gasteiger charge is 2.19. The zero-order chi connectivity index (χ0) is 12.6. The number of pyridine rings is 1. The molecule has 2 aromatic heterocycles. The van der Waals surface area contributed by atoms with Crippen molar-refractivity contribution < 1.29 is 9.90 Å². The van der Waals surface area contributed by atoms with Gasteiger partial charge in [0.15, 0.2) is 11.5 Å². The molecule has 0 radical (unpaired) electrons. The normalized spacial score (nSPS) is 13.2. The second-order valence-electron chi connectivity index (χ2n) is 4.16. The number of hydrogen-bond donors (Lipinski definition) is 2. The van der Waals surface area contributed by atoms with Crippen LogP contribution in [-0.2, 0) is 4.79 Å². The molecule has 0 aromatic carbocycles. The van der Waals surface area contributed by atoms with E-state index in [0.717, 1.165) is 0 Å². The number of carboxylic acids is 1. The number of aromatic nitrogens is 3. The van der Waals surface area contributed by atoms with E-state index in [9.17, 15) is 4.79 Å². The molecular weight excluding hydrogens is 220 g/mol. The second-order valence-corrected chi connectivity index (χ2v) is 4.16. The maximum atomic E-state index is 10.9. The zero-order valence-electron chi connectivity index (χ0n) is 9.66. The van der Waals surface area contributed by atoms with Gasteiger partial charge in [-0.2, -0.15) is 5.10 Å². The van der Waals surface area contributed by atoms with Crippen LogP contribution in [0.1, 0.15) is 37.3 Å². The molecular formula is C11H14N4O2. The largest absolute Gasteiger partial charge is 0.480 e. The number of carbonyl (C=O) groups is 1. The van der Waals surface area contributed by atoms with Crippen LogP contribution in [0.15, 0.2) is 18.2 Å². The average molecular weight is 234 g/mol. The van der Waals surface area contributed by atoms with Gasteiger partial charge in [-0.25, -0.2) is 9.50 Å². The highest BCUT2D eigenvalue weighted by Crippen LogP contribution is 2.16. The van der Waals surface area contributed by atoms with Crippen LogP contribution < -0.4 is 5.73 Å².